The Morgan fingerprint density at radius 3 is 2.47 bits per heavy atom. The van der Waals surface area contributed by atoms with Gasteiger partial charge in [0, 0.05) is 36.7 Å². The lowest BCUT2D eigenvalue weighted by molar-refractivity contribution is 0.0956. The van der Waals surface area contributed by atoms with Crippen LogP contribution in [0.1, 0.15) is 15.9 Å². The summed E-state index contributed by atoms with van der Waals surface area (Å²) in [6.07, 6.45) is 1.85. The molecule has 0 saturated carbocycles. The van der Waals surface area contributed by atoms with Crippen molar-refractivity contribution in [2.24, 2.45) is 0 Å². The molecule has 0 aliphatic carbocycles. The van der Waals surface area contributed by atoms with Gasteiger partial charge < -0.3 is 9.88 Å². The van der Waals surface area contributed by atoms with Crippen molar-refractivity contribution in [2.45, 2.75) is 10.8 Å². The van der Waals surface area contributed by atoms with Crippen LogP contribution in [0.4, 0.5) is 0 Å². The van der Waals surface area contributed by atoms with Gasteiger partial charge in [-0.2, -0.15) is 0 Å². The normalized spacial score (nSPS) is 11.6. The van der Waals surface area contributed by atoms with Crippen LogP contribution in [0.25, 0.3) is 10.9 Å². The molecule has 2 heterocycles. The van der Waals surface area contributed by atoms with E-state index < -0.39 is 10.0 Å². The van der Waals surface area contributed by atoms with Crippen LogP contribution in [0.3, 0.4) is 0 Å². The Kier molecular flexibility index (Phi) is 5.98. The van der Waals surface area contributed by atoms with Crippen LogP contribution in [-0.4, -0.2) is 32.0 Å². The van der Waals surface area contributed by atoms with Crippen LogP contribution in [0.5, 0.6) is 0 Å². The van der Waals surface area contributed by atoms with Crippen molar-refractivity contribution in [3.05, 3.63) is 89.4 Å². The molecule has 4 aromatic rings. The van der Waals surface area contributed by atoms with E-state index >= 15 is 0 Å². The number of amides is 1. The van der Waals surface area contributed by atoms with Gasteiger partial charge in [0.25, 0.3) is 5.91 Å². The van der Waals surface area contributed by atoms with Crippen molar-refractivity contribution >= 4 is 38.2 Å². The number of nitrogens with zero attached hydrogens (tertiary/aromatic N) is 1. The highest BCUT2D eigenvalue weighted by Crippen LogP contribution is 2.22. The summed E-state index contributed by atoms with van der Waals surface area (Å²) < 4.78 is 29.1. The average molecular weight is 440 g/mol. The number of carbonyl (C=O) groups is 1. The zero-order valence-corrected chi connectivity index (χ0v) is 17.7. The van der Waals surface area contributed by atoms with Gasteiger partial charge in [-0.25, -0.2) is 13.1 Å². The molecule has 0 saturated heterocycles. The third kappa shape index (κ3) is 4.46. The second kappa shape index (κ2) is 8.83. The minimum atomic E-state index is -3.53. The zero-order valence-electron chi connectivity index (χ0n) is 16.1. The van der Waals surface area contributed by atoms with Crippen LogP contribution in [0.15, 0.2) is 82.5 Å². The molecule has 0 spiro atoms. The molecule has 0 fully saturated rings. The minimum Gasteiger partial charge on any atom is -0.351 e. The Morgan fingerprint density at radius 1 is 0.933 bits per heavy atom. The van der Waals surface area contributed by atoms with Gasteiger partial charge in [0.2, 0.25) is 10.0 Å². The molecule has 0 bridgehead atoms. The second-order valence-electron chi connectivity index (χ2n) is 6.76. The summed E-state index contributed by atoms with van der Waals surface area (Å²) in [4.78, 5) is 12.8. The Bertz CT molecular complexity index is 1250. The van der Waals surface area contributed by atoms with Crippen molar-refractivity contribution in [1.82, 2.24) is 14.6 Å². The van der Waals surface area contributed by atoms with E-state index in [1.807, 2.05) is 60.8 Å². The molecule has 2 aromatic carbocycles. The molecule has 2 aromatic heterocycles. The lowest BCUT2D eigenvalue weighted by Gasteiger charge is -2.06. The third-order valence-corrected chi connectivity index (χ3v) is 7.55. The number of carbonyl (C=O) groups excluding carboxylic acids is 1. The first-order valence-electron chi connectivity index (χ1n) is 9.48. The molecule has 2 N–H and O–H groups in total. The number of aromatic nitrogens is 1. The highest BCUT2D eigenvalue weighted by molar-refractivity contribution is 7.91. The maximum absolute atomic E-state index is 12.8. The fourth-order valence-corrected chi connectivity index (χ4v) is 5.35. The van der Waals surface area contributed by atoms with E-state index in [1.54, 1.807) is 17.5 Å². The molecule has 1 amide bonds. The fraction of sp³-hybridized carbons (Fsp3) is 0.136. The molecular weight excluding hydrogens is 418 g/mol. The number of hydrogen-bond donors (Lipinski definition) is 2. The molecule has 30 heavy (non-hydrogen) atoms. The first-order valence-corrected chi connectivity index (χ1v) is 11.8. The summed E-state index contributed by atoms with van der Waals surface area (Å²) in [6, 6.07) is 21.1. The number of nitrogens with one attached hydrogen (secondary N) is 2. The first-order chi connectivity index (χ1) is 14.5. The number of para-hydroxylation sites is 1. The van der Waals surface area contributed by atoms with Gasteiger partial charge in [-0.3, -0.25) is 4.79 Å². The Labute approximate surface area is 179 Å². The topological polar surface area (TPSA) is 80.2 Å². The summed E-state index contributed by atoms with van der Waals surface area (Å²) >= 11 is 1.16. The standard InChI is InChI=1S/C22H21N3O3S2/c26-22(23-12-13-24-30(27,28)21-11-6-14-29-21)19-16-25(15-17-7-2-1-3-8-17)20-10-5-4-9-18(19)20/h1-11,14,16,24H,12-13,15H2,(H,23,26). The van der Waals surface area contributed by atoms with Crippen molar-refractivity contribution in [3.63, 3.8) is 0 Å². The first kappa shape index (κ1) is 20.3. The number of thiophene rings is 1. The maximum Gasteiger partial charge on any atom is 0.253 e. The van der Waals surface area contributed by atoms with Crippen LogP contribution >= 0.6 is 11.3 Å². The van der Waals surface area contributed by atoms with Crippen molar-refractivity contribution < 1.29 is 13.2 Å². The molecule has 8 heteroatoms. The van der Waals surface area contributed by atoms with Crippen LogP contribution in [0.2, 0.25) is 0 Å². The highest BCUT2D eigenvalue weighted by atomic mass is 32.2. The predicted molar refractivity (Wildman–Crippen MR) is 119 cm³/mol. The van der Waals surface area contributed by atoms with Gasteiger partial charge in [-0.15, -0.1) is 11.3 Å². The summed E-state index contributed by atoms with van der Waals surface area (Å²) in [6.45, 7) is 0.978. The molecule has 0 unspecified atom stereocenters. The van der Waals surface area contributed by atoms with Crippen LogP contribution in [0, 0.1) is 0 Å². The van der Waals surface area contributed by atoms with E-state index in [0.717, 1.165) is 27.8 Å². The molecule has 6 nitrogen and oxygen atoms in total. The van der Waals surface area contributed by atoms with Crippen molar-refractivity contribution in [3.8, 4) is 0 Å². The van der Waals surface area contributed by atoms with Gasteiger partial charge in [-0.05, 0) is 23.1 Å². The zero-order chi connectivity index (χ0) is 21.0. The minimum absolute atomic E-state index is 0.120. The number of fused-ring (bicyclic) bond motifs is 1. The molecular formula is C22H21N3O3S2. The van der Waals surface area contributed by atoms with Gasteiger partial charge in [0.15, 0.2) is 0 Å². The van der Waals surface area contributed by atoms with Gasteiger partial charge >= 0.3 is 0 Å². The smallest absolute Gasteiger partial charge is 0.253 e. The van der Waals surface area contributed by atoms with Gasteiger partial charge in [0.05, 0.1) is 5.56 Å². The quantitative estimate of drug-likeness (QED) is 0.413. The number of benzene rings is 2. The van der Waals surface area contributed by atoms with E-state index in [4.69, 9.17) is 0 Å². The van der Waals surface area contributed by atoms with E-state index in [-0.39, 0.29) is 23.2 Å². The van der Waals surface area contributed by atoms with Gasteiger partial charge in [-0.1, -0.05) is 54.6 Å². The molecule has 0 radical (unpaired) electrons. The van der Waals surface area contributed by atoms with Crippen LogP contribution < -0.4 is 10.0 Å². The SMILES string of the molecule is O=C(NCCNS(=O)(=O)c1cccs1)c1cn(Cc2ccccc2)c2ccccc12. The number of hydrogen-bond acceptors (Lipinski definition) is 4. The summed E-state index contributed by atoms with van der Waals surface area (Å²) in [5, 5.41) is 5.39. The monoisotopic (exact) mass is 439 g/mol. The number of sulfonamides is 1. The predicted octanol–water partition coefficient (Wildman–Crippen LogP) is 3.46. The van der Waals surface area contributed by atoms with E-state index in [1.165, 1.54) is 0 Å². The fourth-order valence-electron chi connectivity index (χ4n) is 3.28. The van der Waals surface area contributed by atoms with E-state index in [0.29, 0.717) is 12.1 Å². The summed E-state index contributed by atoms with van der Waals surface area (Å²) in [5.74, 6) is -0.228. The maximum atomic E-state index is 12.8. The van der Waals surface area contributed by atoms with Gasteiger partial charge in [0.1, 0.15) is 4.21 Å². The summed E-state index contributed by atoms with van der Waals surface area (Å²) in [5.41, 5.74) is 2.70. The molecule has 154 valence electrons. The molecule has 0 atom stereocenters. The Morgan fingerprint density at radius 2 is 1.70 bits per heavy atom. The lowest BCUT2D eigenvalue weighted by Crippen LogP contribution is -2.34. The molecule has 0 aliphatic rings. The Balaban J connectivity index is 1.44. The average Bonchev–Trinajstić information content (AvgIpc) is 3.42. The van der Waals surface area contributed by atoms with Crippen molar-refractivity contribution in [2.75, 3.05) is 13.1 Å². The van der Waals surface area contributed by atoms with Crippen molar-refractivity contribution in [1.29, 1.82) is 0 Å². The molecule has 4 rings (SSSR count). The summed E-state index contributed by atoms with van der Waals surface area (Å²) in [7, 11) is -3.53. The lowest BCUT2D eigenvalue weighted by atomic mass is 10.1. The highest BCUT2D eigenvalue weighted by Gasteiger charge is 2.16. The largest absolute Gasteiger partial charge is 0.351 e. The Hall–Kier alpha value is -2.94. The molecule has 0 aliphatic heterocycles. The number of rotatable bonds is 8. The second-order valence-corrected chi connectivity index (χ2v) is 9.70. The van der Waals surface area contributed by atoms with E-state index in [9.17, 15) is 13.2 Å². The van der Waals surface area contributed by atoms with E-state index in [2.05, 4.69) is 14.6 Å². The third-order valence-electron chi connectivity index (χ3n) is 4.69. The van der Waals surface area contributed by atoms with Crippen LogP contribution in [-0.2, 0) is 16.6 Å².